The number of aromatic amines is 1. The highest BCUT2D eigenvalue weighted by Crippen LogP contribution is 2.10. The number of hydrogen-bond acceptors (Lipinski definition) is 5. The summed E-state index contributed by atoms with van der Waals surface area (Å²) in [6, 6.07) is 0. The molecule has 1 rings (SSSR count). The van der Waals surface area contributed by atoms with E-state index in [1.807, 2.05) is 6.26 Å². The third kappa shape index (κ3) is 3.20. The highest BCUT2D eigenvalue weighted by Gasteiger charge is 2.19. The zero-order valence-corrected chi connectivity index (χ0v) is 9.86. The Morgan fingerprint density at radius 3 is 3.00 bits per heavy atom. The van der Waals surface area contributed by atoms with Crippen LogP contribution in [0.4, 0.5) is 0 Å². The van der Waals surface area contributed by atoms with Gasteiger partial charge < -0.3 is 5.11 Å². The standard InChI is InChI=1S/C7H13N3O3S2/c1-14-3-2-9-15(12,13)7-6(5-11)4-8-10-7/h4,9,11H,2-3,5H2,1H3,(H,8,10). The minimum atomic E-state index is -3.57. The molecule has 0 aliphatic rings. The Labute approximate surface area is 92.5 Å². The lowest BCUT2D eigenvalue weighted by molar-refractivity contribution is 0.278. The van der Waals surface area contributed by atoms with Crippen molar-refractivity contribution in [3.63, 3.8) is 0 Å². The van der Waals surface area contributed by atoms with Crippen LogP contribution in [0, 0.1) is 0 Å². The Kier molecular flexibility index (Phi) is 4.58. The lowest BCUT2D eigenvalue weighted by atomic mass is 10.4. The summed E-state index contributed by atoms with van der Waals surface area (Å²) in [5.74, 6) is 0.696. The molecular weight excluding hydrogens is 238 g/mol. The minimum Gasteiger partial charge on any atom is -0.392 e. The quantitative estimate of drug-likeness (QED) is 0.595. The maximum atomic E-state index is 11.6. The number of hydrogen-bond donors (Lipinski definition) is 3. The monoisotopic (exact) mass is 251 g/mol. The fourth-order valence-corrected chi connectivity index (χ4v) is 2.58. The second kappa shape index (κ2) is 5.50. The first-order valence-corrected chi connectivity index (χ1v) is 7.11. The maximum absolute atomic E-state index is 11.6. The average molecular weight is 251 g/mol. The van der Waals surface area contributed by atoms with Gasteiger partial charge in [0.15, 0.2) is 5.03 Å². The summed E-state index contributed by atoms with van der Waals surface area (Å²) in [7, 11) is -3.57. The molecule has 8 heteroatoms. The first-order chi connectivity index (χ1) is 7.11. The Morgan fingerprint density at radius 1 is 1.67 bits per heavy atom. The summed E-state index contributed by atoms with van der Waals surface area (Å²) >= 11 is 1.55. The molecule has 0 aliphatic heterocycles. The molecule has 0 spiro atoms. The van der Waals surface area contributed by atoms with Crippen LogP contribution < -0.4 is 4.72 Å². The number of thioether (sulfide) groups is 1. The van der Waals surface area contributed by atoms with Crippen molar-refractivity contribution in [3.8, 4) is 0 Å². The summed E-state index contributed by atoms with van der Waals surface area (Å²) < 4.78 is 25.7. The molecule has 0 fully saturated rings. The summed E-state index contributed by atoms with van der Waals surface area (Å²) in [6.07, 6.45) is 3.19. The molecule has 0 saturated heterocycles. The van der Waals surface area contributed by atoms with Gasteiger partial charge in [0.05, 0.1) is 12.8 Å². The molecule has 0 aliphatic carbocycles. The normalized spacial score (nSPS) is 11.9. The van der Waals surface area contributed by atoms with E-state index in [1.54, 1.807) is 11.8 Å². The molecule has 1 heterocycles. The van der Waals surface area contributed by atoms with Crippen molar-refractivity contribution in [1.82, 2.24) is 14.9 Å². The average Bonchev–Trinajstić information content (AvgIpc) is 2.66. The van der Waals surface area contributed by atoms with Crippen molar-refractivity contribution in [3.05, 3.63) is 11.8 Å². The number of nitrogens with one attached hydrogen (secondary N) is 2. The second-order valence-corrected chi connectivity index (χ2v) is 5.46. The number of rotatable bonds is 6. The number of H-pyrrole nitrogens is 1. The van der Waals surface area contributed by atoms with E-state index in [9.17, 15) is 8.42 Å². The van der Waals surface area contributed by atoms with E-state index in [1.165, 1.54) is 6.20 Å². The van der Waals surface area contributed by atoms with Gasteiger partial charge in [0.2, 0.25) is 0 Å². The van der Waals surface area contributed by atoms with E-state index in [0.29, 0.717) is 12.3 Å². The Hall–Kier alpha value is -0.570. The Morgan fingerprint density at radius 2 is 2.40 bits per heavy atom. The Bertz CT molecular complexity index is 401. The summed E-state index contributed by atoms with van der Waals surface area (Å²) in [4.78, 5) is 0. The first-order valence-electron chi connectivity index (χ1n) is 4.23. The van der Waals surface area contributed by atoms with E-state index in [-0.39, 0.29) is 17.2 Å². The van der Waals surface area contributed by atoms with Crippen LogP contribution >= 0.6 is 11.8 Å². The summed E-state index contributed by atoms with van der Waals surface area (Å²) in [5, 5.41) is 14.8. The Balaban J connectivity index is 2.77. The number of sulfonamides is 1. The largest absolute Gasteiger partial charge is 0.392 e. The van der Waals surface area contributed by atoms with Crippen LogP contribution in [-0.4, -0.2) is 42.3 Å². The van der Waals surface area contributed by atoms with Crippen molar-refractivity contribution in [1.29, 1.82) is 0 Å². The van der Waals surface area contributed by atoms with Crippen LogP contribution in [0.25, 0.3) is 0 Å². The molecule has 86 valence electrons. The predicted octanol–water partition coefficient (Wildman–Crippen LogP) is -0.457. The molecule has 3 N–H and O–H groups in total. The van der Waals surface area contributed by atoms with E-state index in [2.05, 4.69) is 14.9 Å². The van der Waals surface area contributed by atoms with Gasteiger partial charge in [-0.25, -0.2) is 13.1 Å². The first kappa shape index (κ1) is 12.5. The number of aromatic nitrogens is 2. The van der Waals surface area contributed by atoms with Crippen molar-refractivity contribution in [2.45, 2.75) is 11.6 Å². The van der Waals surface area contributed by atoms with Crippen LogP contribution in [-0.2, 0) is 16.6 Å². The third-order valence-electron chi connectivity index (χ3n) is 1.72. The van der Waals surface area contributed by atoms with Gasteiger partial charge >= 0.3 is 0 Å². The molecule has 15 heavy (non-hydrogen) atoms. The van der Waals surface area contributed by atoms with E-state index >= 15 is 0 Å². The molecule has 0 unspecified atom stereocenters. The molecule has 0 radical (unpaired) electrons. The smallest absolute Gasteiger partial charge is 0.257 e. The predicted molar refractivity (Wildman–Crippen MR) is 58.1 cm³/mol. The lowest BCUT2D eigenvalue weighted by Gasteiger charge is -2.04. The van der Waals surface area contributed by atoms with Crippen LogP contribution in [0.1, 0.15) is 5.56 Å². The van der Waals surface area contributed by atoms with Crippen LogP contribution in [0.15, 0.2) is 11.2 Å². The van der Waals surface area contributed by atoms with Gasteiger partial charge in [0.1, 0.15) is 0 Å². The van der Waals surface area contributed by atoms with Crippen LogP contribution in [0.5, 0.6) is 0 Å². The van der Waals surface area contributed by atoms with E-state index in [4.69, 9.17) is 5.11 Å². The fourth-order valence-electron chi connectivity index (χ4n) is 0.995. The molecule has 6 nitrogen and oxygen atoms in total. The zero-order chi connectivity index (χ0) is 11.3. The van der Waals surface area contributed by atoms with Gasteiger partial charge in [-0.15, -0.1) is 0 Å². The fraction of sp³-hybridized carbons (Fsp3) is 0.571. The van der Waals surface area contributed by atoms with E-state index in [0.717, 1.165) is 0 Å². The number of aliphatic hydroxyl groups excluding tert-OH is 1. The third-order valence-corrected chi connectivity index (χ3v) is 3.80. The number of nitrogens with zero attached hydrogens (tertiary/aromatic N) is 1. The molecule has 0 atom stereocenters. The van der Waals surface area contributed by atoms with Gasteiger partial charge in [-0.1, -0.05) is 0 Å². The van der Waals surface area contributed by atoms with Crippen LogP contribution in [0.2, 0.25) is 0 Å². The second-order valence-electron chi connectivity index (χ2n) is 2.77. The highest BCUT2D eigenvalue weighted by molar-refractivity contribution is 7.98. The van der Waals surface area contributed by atoms with Gasteiger partial charge in [0, 0.05) is 17.9 Å². The molecule has 0 saturated carbocycles. The van der Waals surface area contributed by atoms with Gasteiger partial charge in [-0.3, -0.25) is 5.10 Å². The minimum absolute atomic E-state index is 0.0638. The van der Waals surface area contributed by atoms with Crippen molar-refractivity contribution < 1.29 is 13.5 Å². The number of aliphatic hydroxyl groups is 1. The molecule has 1 aromatic heterocycles. The van der Waals surface area contributed by atoms with Crippen molar-refractivity contribution in [2.75, 3.05) is 18.6 Å². The molecular formula is C7H13N3O3S2. The topological polar surface area (TPSA) is 95.1 Å². The van der Waals surface area contributed by atoms with Gasteiger partial charge in [0.25, 0.3) is 10.0 Å². The zero-order valence-electron chi connectivity index (χ0n) is 8.23. The SMILES string of the molecule is CSCCNS(=O)(=O)c1[nH]ncc1CO. The van der Waals surface area contributed by atoms with Crippen LogP contribution in [0.3, 0.4) is 0 Å². The molecule has 0 amide bonds. The van der Waals surface area contributed by atoms with Crippen molar-refractivity contribution >= 4 is 21.8 Å². The highest BCUT2D eigenvalue weighted by atomic mass is 32.2. The maximum Gasteiger partial charge on any atom is 0.257 e. The van der Waals surface area contributed by atoms with Gasteiger partial charge in [-0.2, -0.15) is 16.9 Å². The molecule has 0 aromatic carbocycles. The van der Waals surface area contributed by atoms with Gasteiger partial charge in [-0.05, 0) is 6.26 Å². The molecule has 0 bridgehead atoms. The summed E-state index contributed by atoms with van der Waals surface area (Å²) in [6.45, 7) is 0.00264. The summed E-state index contributed by atoms with van der Waals surface area (Å²) in [5.41, 5.74) is 0.270. The lowest BCUT2D eigenvalue weighted by Crippen LogP contribution is -2.27. The van der Waals surface area contributed by atoms with E-state index < -0.39 is 10.0 Å². The van der Waals surface area contributed by atoms with Crippen molar-refractivity contribution in [2.24, 2.45) is 0 Å². The molecule has 1 aromatic rings.